The van der Waals surface area contributed by atoms with Crippen molar-refractivity contribution in [3.05, 3.63) is 51.7 Å². The molecule has 0 saturated heterocycles. The van der Waals surface area contributed by atoms with Crippen LogP contribution in [0.4, 0.5) is 5.69 Å². The smallest absolute Gasteiger partial charge is 0.258 e. The van der Waals surface area contributed by atoms with E-state index in [9.17, 15) is 10.1 Å². The van der Waals surface area contributed by atoms with Crippen molar-refractivity contribution >= 4 is 34.3 Å². The molecule has 0 aliphatic heterocycles. The standard InChI is InChI=1S/C11H7ClN2O2/c12-6-5-8-7-11(14(15)16)9-3-1-2-4-10(9)13-8/h1-7H. The summed E-state index contributed by atoms with van der Waals surface area (Å²) in [4.78, 5) is 14.7. The average molecular weight is 235 g/mol. The molecule has 5 heteroatoms. The van der Waals surface area contributed by atoms with Crippen LogP contribution in [-0.2, 0) is 0 Å². The number of rotatable bonds is 2. The molecule has 0 fully saturated rings. The number of aromatic nitrogens is 1. The Labute approximate surface area is 96.3 Å². The van der Waals surface area contributed by atoms with Crippen LogP contribution in [-0.4, -0.2) is 9.91 Å². The minimum absolute atomic E-state index is 0.0374. The van der Waals surface area contributed by atoms with Gasteiger partial charge in [0.15, 0.2) is 0 Å². The summed E-state index contributed by atoms with van der Waals surface area (Å²) in [6, 6.07) is 8.34. The van der Waals surface area contributed by atoms with Gasteiger partial charge in [-0.1, -0.05) is 23.7 Å². The molecule has 0 amide bonds. The van der Waals surface area contributed by atoms with E-state index in [1.807, 2.05) is 0 Å². The lowest BCUT2D eigenvalue weighted by Crippen LogP contribution is -1.93. The van der Waals surface area contributed by atoms with E-state index in [4.69, 9.17) is 11.6 Å². The summed E-state index contributed by atoms with van der Waals surface area (Å²) >= 11 is 5.43. The Morgan fingerprint density at radius 2 is 2.12 bits per heavy atom. The molecule has 4 nitrogen and oxygen atoms in total. The van der Waals surface area contributed by atoms with Gasteiger partial charge in [-0.25, -0.2) is 4.98 Å². The fourth-order valence-electron chi connectivity index (χ4n) is 1.48. The molecule has 0 saturated carbocycles. The molecule has 0 unspecified atom stereocenters. The Hall–Kier alpha value is -1.94. The first-order valence-corrected chi connectivity index (χ1v) is 4.97. The zero-order valence-electron chi connectivity index (χ0n) is 8.13. The number of para-hydroxylation sites is 1. The van der Waals surface area contributed by atoms with Crippen LogP contribution in [0.1, 0.15) is 5.69 Å². The van der Waals surface area contributed by atoms with Crippen LogP contribution in [0.5, 0.6) is 0 Å². The summed E-state index contributed by atoms with van der Waals surface area (Å²) in [5.74, 6) is 0. The second-order valence-corrected chi connectivity index (χ2v) is 3.39. The molecule has 1 aromatic heterocycles. The highest BCUT2D eigenvalue weighted by atomic mass is 35.5. The van der Waals surface area contributed by atoms with Gasteiger partial charge in [0.05, 0.1) is 21.5 Å². The number of nitrogens with zero attached hydrogens (tertiary/aromatic N) is 2. The lowest BCUT2D eigenvalue weighted by atomic mass is 10.1. The predicted molar refractivity (Wildman–Crippen MR) is 63.3 cm³/mol. The maximum atomic E-state index is 10.9. The van der Waals surface area contributed by atoms with E-state index >= 15 is 0 Å². The first kappa shape index (κ1) is 10.6. The Morgan fingerprint density at radius 1 is 1.38 bits per heavy atom. The summed E-state index contributed by atoms with van der Waals surface area (Å²) in [5, 5.41) is 11.4. The van der Waals surface area contributed by atoms with Crippen molar-refractivity contribution in [2.75, 3.05) is 0 Å². The number of fused-ring (bicyclic) bond motifs is 1. The number of hydrogen-bond acceptors (Lipinski definition) is 3. The van der Waals surface area contributed by atoms with Gasteiger partial charge in [-0.2, -0.15) is 0 Å². The van der Waals surface area contributed by atoms with Crippen LogP contribution >= 0.6 is 11.6 Å². The third kappa shape index (κ3) is 1.87. The highest BCUT2D eigenvalue weighted by molar-refractivity contribution is 6.27. The van der Waals surface area contributed by atoms with E-state index in [2.05, 4.69) is 4.98 Å². The molecule has 1 heterocycles. The second kappa shape index (κ2) is 4.28. The van der Waals surface area contributed by atoms with Gasteiger partial charge in [0.2, 0.25) is 0 Å². The van der Waals surface area contributed by atoms with E-state index in [-0.39, 0.29) is 5.69 Å². The molecule has 1 aromatic carbocycles. The molecule has 0 radical (unpaired) electrons. The van der Waals surface area contributed by atoms with Gasteiger partial charge < -0.3 is 0 Å². The Bertz CT molecular complexity index is 581. The van der Waals surface area contributed by atoms with Crippen molar-refractivity contribution in [1.29, 1.82) is 0 Å². The number of benzene rings is 1. The zero-order chi connectivity index (χ0) is 11.5. The van der Waals surface area contributed by atoms with Crippen molar-refractivity contribution in [3.63, 3.8) is 0 Å². The topological polar surface area (TPSA) is 56.0 Å². The van der Waals surface area contributed by atoms with Crippen molar-refractivity contribution in [2.24, 2.45) is 0 Å². The van der Waals surface area contributed by atoms with Gasteiger partial charge in [-0.3, -0.25) is 10.1 Å². The molecule has 0 bridgehead atoms. The van der Waals surface area contributed by atoms with E-state index in [0.717, 1.165) is 0 Å². The molecule has 2 rings (SSSR count). The van der Waals surface area contributed by atoms with Gasteiger partial charge in [-0.05, 0) is 18.2 Å². The third-order valence-electron chi connectivity index (χ3n) is 2.14. The number of pyridine rings is 1. The quantitative estimate of drug-likeness (QED) is 0.591. The number of halogens is 1. The third-order valence-corrected chi connectivity index (χ3v) is 2.27. The number of hydrogen-bond donors (Lipinski definition) is 0. The average Bonchev–Trinajstić information content (AvgIpc) is 2.28. The largest absolute Gasteiger partial charge is 0.280 e. The monoisotopic (exact) mass is 234 g/mol. The molecule has 80 valence electrons. The number of nitro groups is 1. The summed E-state index contributed by atoms with van der Waals surface area (Å²) in [5.41, 5.74) is 2.37. The summed E-state index contributed by atoms with van der Waals surface area (Å²) in [6.45, 7) is 0. The molecular formula is C11H7ClN2O2. The van der Waals surface area contributed by atoms with E-state index in [1.54, 1.807) is 24.3 Å². The van der Waals surface area contributed by atoms with Crippen LogP contribution in [0.25, 0.3) is 17.0 Å². The first-order chi connectivity index (χ1) is 7.72. The fourth-order valence-corrected chi connectivity index (χ4v) is 1.61. The molecule has 0 aliphatic rings. The molecule has 0 atom stereocenters. The van der Waals surface area contributed by atoms with Crippen LogP contribution in [0, 0.1) is 10.1 Å². The van der Waals surface area contributed by atoms with Crippen LogP contribution in [0.2, 0.25) is 0 Å². The SMILES string of the molecule is O=[N+]([O-])c1cc(C=CCl)nc2ccccc12. The Kier molecular flexibility index (Phi) is 2.83. The van der Waals surface area contributed by atoms with E-state index in [1.165, 1.54) is 17.7 Å². The minimum Gasteiger partial charge on any atom is -0.258 e. The summed E-state index contributed by atoms with van der Waals surface area (Å²) in [6.07, 6.45) is 1.51. The lowest BCUT2D eigenvalue weighted by Gasteiger charge is -2.00. The molecule has 2 aromatic rings. The normalized spacial score (nSPS) is 11.1. The second-order valence-electron chi connectivity index (χ2n) is 3.13. The van der Waals surface area contributed by atoms with Gasteiger partial charge in [-0.15, -0.1) is 0 Å². The molecule has 0 spiro atoms. The molecule has 16 heavy (non-hydrogen) atoms. The highest BCUT2D eigenvalue weighted by Crippen LogP contribution is 2.25. The highest BCUT2D eigenvalue weighted by Gasteiger charge is 2.13. The van der Waals surface area contributed by atoms with Crippen molar-refractivity contribution in [3.8, 4) is 0 Å². The van der Waals surface area contributed by atoms with Gasteiger partial charge >= 0.3 is 0 Å². The fraction of sp³-hybridized carbons (Fsp3) is 0. The van der Waals surface area contributed by atoms with Gasteiger partial charge in [0.1, 0.15) is 0 Å². The van der Waals surface area contributed by atoms with Crippen molar-refractivity contribution < 1.29 is 4.92 Å². The van der Waals surface area contributed by atoms with Crippen molar-refractivity contribution in [1.82, 2.24) is 4.98 Å². The summed E-state index contributed by atoms with van der Waals surface area (Å²) in [7, 11) is 0. The maximum absolute atomic E-state index is 10.9. The van der Waals surface area contributed by atoms with E-state index in [0.29, 0.717) is 16.6 Å². The van der Waals surface area contributed by atoms with E-state index < -0.39 is 4.92 Å². The summed E-state index contributed by atoms with van der Waals surface area (Å²) < 4.78 is 0. The molecule has 0 aliphatic carbocycles. The Morgan fingerprint density at radius 3 is 2.81 bits per heavy atom. The minimum atomic E-state index is -0.421. The zero-order valence-corrected chi connectivity index (χ0v) is 8.89. The molecular weight excluding hydrogens is 228 g/mol. The lowest BCUT2D eigenvalue weighted by molar-refractivity contribution is -0.383. The maximum Gasteiger partial charge on any atom is 0.280 e. The van der Waals surface area contributed by atoms with Gasteiger partial charge in [0.25, 0.3) is 5.69 Å². The van der Waals surface area contributed by atoms with Crippen LogP contribution < -0.4 is 0 Å². The first-order valence-electron chi connectivity index (χ1n) is 4.53. The Balaban J connectivity index is 2.78. The molecule has 0 N–H and O–H groups in total. The van der Waals surface area contributed by atoms with Crippen LogP contribution in [0.3, 0.4) is 0 Å². The van der Waals surface area contributed by atoms with Gasteiger partial charge in [0, 0.05) is 11.6 Å². The van der Waals surface area contributed by atoms with Crippen LogP contribution in [0.15, 0.2) is 35.9 Å². The van der Waals surface area contributed by atoms with Crippen molar-refractivity contribution in [2.45, 2.75) is 0 Å². The predicted octanol–water partition coefficient (Wildman–Crippen LogP) is 3.35.